The van der Waals surface area contributed by atoms with E-state index in [1.165, 1.54) is 4.57 Å². The van der Waals surface area contributed by atoms with Crippen LogP contribution in [0.15, 0.2) is 37.3 Å². The highest BCUT2D eigenvalue weighted by Crippen LogP contribution is 2.26. The van der Waals surface area contributed by atoms with Crippen LogP contribution in [0.25, 0.3) is 0 Å². The van der Waals surface area contributed by atoms with E-state index < -0.39 is 0 Å². The van der Waals surface area contributed by atoms with Crippen molar-refractivity contribution >= 4 is 45.8 Å². The van der Waals surface area contributed by atoms with Crippen LogP contribution in [0.5, 0.6) is 0 Å². The van der Waals surface area contributed by atoms with Crippen molar-refractivity contribution < 1.29 is 4.52 Å². The molecule has 0 radical (unpaired) electrons. The number of benzene rings is 1. The number of nitrogens with zero attached hydrogens (tertiary/aromatic N) is 5. The molecule has 11 heteroatoms. The Morgan fingerprint density at radius 1 is 1.06 bits per heavy atom. The van der Waals surface area contributed by atoms with Gasteiger partial charge in [-0.05, 0) is 30.5 Å². The van der Waals surface area contributed by atoms with Gasteiger partial charge in [-0.25, -0.2) is 9.79 Å². The number of rotatable bonds is 9. The SMILES string of the molecule is CCCCn1c2c(c(=O)n(CCCc3nc(Cc4c(Cl)cccc4Cl)no3)c1=O)CC(Cl)=N2. The van der Waals surface area contributed by atoms with Gasteiger partial charge < -0.3 is 4.52 Å². The number of fused-ring (bicyclic) bond motifs is 1. The molecule has 0 atom stereocenters. The highest BCUT2D eigenvalue weighted by Gasteiger charge is 2.24. The molecule has 33 heavy (non-hydrogen) atoms. The largest absolute Gasteiger partial charge is 0.339 e. The monoisotopic (exact) mass is 509 g/mol. The van der Waals surface area contributed by atoms with Crippen molar-refractivity contribution in [1.82, 2.24) is 19.3 Å². The molecular formula is C22H22Cl3N5O3. The summed E-state index contributed by atoms with van der Waals surface area (Å²) in [5.41, 5.74) is 0.474. The quantitative estimate of drug-likeness (QED) is 0.421. The third kappa shape index (κ3) is 5.08. The molecule has 1 aliphatic heterocycles. The third-order valence-electron chi connectivity index (χ3n) is 5.45. The Morgan fingerprint density at radius 3 is 2.52 bits per heavy atom. The van der Waals surface area contributed by atoms with Gasteiger partial charge in [-0.15, -0.1) is 0 Å². The van der Waals surface area contributed by atoms with Crippen LogP contribution >= 0.6 is 34.8 Å². The zero-order valence-corrected chi connectivity index (χ0v) is 20.3. The van der Waals surface area contributed by atoms with Gasteiger partial charge in [0, 0.05) is 42.4 Å². The fourth-order valence-electron chi connectivity index (χ4n) is 3.75. The van der Waals surface area contributed by atoms with Crippen LogP contribution < -0.4 is 11.2 Å². The number of hydrogen-bond donors (Lipinski definition) is 0. The van der Waals surface area contributed by atoms with Gasteiger partial charge in [0.05, 0.1) is 5.56 Å². The van der Waals surface area contributed by atoms with Crippen molar-refractivity contribution in [3.63, 3.8) is 0 Å². The fourth-order valence-corrected chi connectivity index (χ4v) is 4.50. The van der Waals surface area contributed by atoms with Crippen molar-refractivity contribution in [2.75, 3.05) is 0 Å². The van der Waals surface area contributed by atoms with Gasteiger partial charge in [0.1, 0.15) is 11.0 Å². The number of hydrogen-bond acceptors (Lipinski definition) is 6. The molecule has 0 aliphatic carbocycles. The van der Waals surface area contributed by atoms with E-state index >= 15 is 0 Å². The molecule has 1 aliphatic rings. The molecule has 4 rings (SSSR count). The van der Waals surface area contributed by atoms with Crippen molar-refractivity contribution in [3.8, 4) is 0 Å². The molecule has 0 saturated carbocycles. The van der Waals surface area contributed by atoms with Gasteiger partial charge in [-0.2, -0.15) is 4.98 Å². The summed E-state index contributed by atoms with van der Waals surface area (Å²) in [4.78, 5) is 34.5. The lowest BCUT2D eigenvalue weighted by molar-refractivity contribution is 0.366. The third-order valence-corrected chi connectivity index (χ3v) is 6.38. The van der Waals surface area contributed by atoms with Crippen molar-refractivity contribution in [3.05, 3.63) is 71.9 Å². The lowest BCUT2D eigenvalue weighted by Gasteiger charge is -2.13. The first kappa shape index (κ1) is 23.7. The van der Waals surface area contributed by atoms with Gasteiger partial charge in [0.25, 0.3) is 5.56 Å². The standard InChI is InChI=1S/C22H22Cl3N5O3/c1-2-3-9-29-20-14(11-17(25)26-20)21(31)30(22(29)32)10-5-8-19-27-18(28-33-19)12-13-15(23)6-4-7-16(13)24/h4,6-7H,2-3,5,8-12H2,1H3. The lowest BCUT2D eigenvalue weighted by atomic mass is 10.1. The molecule has 3 aromatic rings. The maximum Gasteiger partial charge on any atom is 0.332 e. The first-order valence-electron chi connectivity index (χ1n) is 10.7. The van der Waals surface area contributed by atoms with E-state index in [2.05, 4.69) is 15.1 Å². The highest BCUT2D eigenvalue weighted by atomic mass is 35.5. The van der Waals surface area contributed by atoms with Crippen LogP contribution in [-0.2, 0) is 32.4 Å². The highest BCUT2D eigenvalue weighted by molar-refractivity contribution is 6.66. The summed E-state index contributed by atoms with van der Waals surface area (Å²) in [5.74, 6) is 1.27. The average Bonchev–Trinajstić information content (AvgIpc) is 3.39. The summed E-state index contributed by atoms with van der Waals surface area (Å²) in [6, 6.07) is 5.28. The molecule has 3 heterocycles. The first-order valence-corrected chi connectivity index (χ1v) is 11.9. The number of aryl methyl sites for hydroxylation is 1. The van der Waals surface area contributed by atoms with Gasteiger partial charge in [0.2, 0.25) is 5.89 Å². The zero-order valence-electron chi connectivity index (χ0n) is 18.0. The van der Waals surface area contributed by atoms with Crippen LogP contribution in [0.3, 0.4) is 0 Å². The van der Waals surface area contributed by atoms with Gasteiger partial charge in [0.15, 0.2) is 5.82 Å². The number of halogens is 3. The second-order valence-electron chi connectivity index (χ2n) is 7.80. The second kappa shape index (κ2) is 10.2. The Bertz CT molecular complexity index is 1310. The molecule has 2 aromatic heterocycles. The molecule has 8 nitrogen and oxygen atoms in total. The van der Waals surface area contributed by atoms with E-state index in [4.69, 9.17) is 39.3 Å². The van der Waals surface area contributed by atoms with E-state index in [-0.39, 0.29) is 24.2 Å². The predicted molar refractivity (Wildman–Crippen MR) is 128 cm³/mol. The molecule has 0 unspecified atom stereocenters. The summed E-state index contributed by atoms with van der Waals surface area (Å²) in [5, 5.41) is 5.38. The molecule has 0 N–H and O–H groups in total. The summed E-state index contributed by atoms with van der Waals surface area (Å²) >= 11 is 18.5. The summed E-state index contributed by atoms with van der Waals surface area (Å²) < 4.78 is 8.13. The first-order chi connectivity index (χ1) is 15.9. The zero-order chi connectivity index (χ0) is 23.5. The summed E-state index contributed by atoms with van der Waals surface area (Å²) in [6.07, 6.45) is 3.20. The van der Waals surface area contributed by atoms with E-state index in [1.54, 1.807) is 22.8 Å². The second-order valence-corrected chi connectivity index (χ2v) is 9.05. The smallest absolute Gasteiger partial charge is 0.332 e. The van der Waals surface area contributed by atoms with E-state index in [0.29, 0.717) is 64.1 Å². The fraction of sp³-hybridized carbons (Fsp3) is 0.409. The Kier molecular flexibility index (Phi) is 7.36. The summed E-state index contributed by atoms with van der Waals surface area (Å²) in [6.45, 7) is 2.75. The van der Waals surface area contributed by atoms with Gasteiger partial charge in [-0.3, -0.25) is 13.9 Å². The van der Waals surface area contributed by atoms with Crippen LogP contribution in [0.2, 0.25) is 10.0 Å². The molecule has 0 saturated heterocycles. The molecule has 0 fully saturated rings. The molecule has 1 aromatic carbocycles. The van der Waals surface area contributed by atoms with Crippen LogP contribution in [0.1, 0.15) is 49.0 Å². The normalized spacial score (nSPS) is 12.8. The minimum absolute atomic E-state index is 0.225. The Labute approximate surface area is 204 Å². The van der Waals surface area contributed by atoms with Gasteiger partial charge >= 0.3 is 5.69 Å². The Balaban J connectivity index is 1.47. The van der Waals surface area contributed by atoms with Crippen LogP contribution in [-0.4, -0.2) is 24.4 Å². The molecular weight excluding hydrogens is 489 g/mol. The van der Waals surface area contributed by atoms with Gasteiger partial charge in [-0.1, -0.05) is 59.4 Å². The number of unbranched alkanes of at least 4 members (excludes halogenated alkanes) is 1. The van der Waals surface area contributed by atoms with E-state index in [9.17, 15) is 9.59 Å². The van der Waals surface area contributed by atoms with E-state index in [1.807, 2.05) is 6.92 Å². The van der Waals surface area contributed by atoms with Crippen LogP contribution in [0, 0.1) is 0 Å². The molecule has 0 spiro atoms. The number of aromatic nitrogens is 4. The molecule has 0 amide bonds. The maximum atomic E-state index is 13.0. The van der Waals surface area contributed by atoms with Crippen molar-refractivity contribution in [2.45, 2.75) is 58.5 Å². The average molecular weight is 511 g/mol. The minimum Gasteiger partial charge on any atom is -0.339 e. The Hall–Kier alpha value is -2.42. The Morgan fingerprint density at radius 2 is 1.79 bits per heavy atom. The topological polar surface area (TPSA) is 95.3 Å². The predicted octanol–water partition coefficient (Wildman–Crippen LogP) is 4.55. The lowest BCUT2D eigenvalue weighted by Crippen LogP contribution is -2.41. The molecule has 174 valence electrons. The minimum atomic E-state index is -0.373. The summed E-state index contributed by atoms with van der Waals surface area (Å²) in [7, 11) is 0. The van der Waals surface area contributed by atoms with E-state index in [0.717, 1.165) is 18.4 Å². The van der Waals surface area contributed by atoms with Crippen LogP contribution in [0.4, 0.5) is 5.82 Å². The molecule has 0 bridgehead atoms. The maximum absolute atomic E-state index is 13.0. The number of aliphatic imine (C=N–C) groups is 1. The van der Waals surface area contributed by atoms with Crippen molar-refractivity contribution in [1.29, 1.82) is 0 Å². The van der Waals surface area contributed by atoms with Crippen molar-refractivity contribution in [2.24, 2.45) is 4.99 Å².